The van der Waals surface area contributed by atoms with E-state index < -0.39 is 6.10 Å². The van der Waals surface area contributed by atoms with Crippen molar-refractivity contribution >= 4 is 16.9 Å². The number of amides is 1. The molecular formula is C14H19N3O3. The SMILES string of the molecule is CC(O)CCN(C)C(=O)c1ccc2c(c1)[nH]c(=O)n2C. The molecule has 0 aliphatic carbocycles. The monoisotopic (exact) mass is 277 g/mol. The number of aliphatic hydroxyl groups excluding tert-OH is 1. The summed E-state index contributed by atoms with van der Waals surface area (Å²) in [5.41, 5.74) is 1.73. The molecule has 20 heavy (non-hydrogen) atoms. The predicted octanol–water partition coefficient (Wildman–Crippen LogP) is 0.709. The lowest BCUT2D eigenvalue weighted by Crippen LogP contribution is -2.29. The molecule has 0 saturated heterocycles. The molecule has 6 nitrogen and oxygen atoms in total. The van der Waals surface area contributed by atoms with E-state index in [-0.39, 0.29) is 11.6 Å². The summed E-state index contributed by atoms with van der Waals surface area (Å²) < 4.78 is 1.50. The second-order valence-electron chi connectivity index (χ2n) is 5.09. The maximum atomic E-state index is 12.2. The second kappa shape index (κ2) is 5.50. The second-order valence-corrected chi connectivity index (χ2v) is 5.09. The van der Waals surface area contributed by atoms with Gasteiger partial charge in [0, 0.05) is 26.2 Å². The number of aliphatic hydroxyl groups is 1. The average molecular weight is 277 g/mol. The quantitative estimate of drug-likeness (QED) is 0.864. The summed E-state index contributed by atoms with van der Waals surface area (Å²) in [7, 11) is 3.38. The molecule has 0 spiro atoms. The molecule has 1 aromatic heterocycles. The summed E-state index contributed by atoms with van der Waals surface area (Å²) in [5.74, 6) is -0.128. The number of hydrogen-bond donors (Lipinski definition) is 2. The highest BCUT2D eigenvalue weighted by atomic mass is 16.3. The number of aryl methyl sites for hydroxylation is 1. The number of carbonyl (C=O) groups excluding carboxylic acids is 1. The van der Waals surface area contributed by atoms with Gasteiger partial charge < -0.3 is 15.0 Å². The maximum absolute atomic E-state index is 12.2. The Bertz CT molecular complexity index is 685. The van der Waals surface area contributed by atoms with Crippen LogP contribution in [-0.2, 0) is 7.05 Å². The minimum Gasteiger partial charge on any atom is -0.393 e. The van der Waals surface area contributed by atoms with Crippen molar-refractivity contribution in [1.82, 2.24) is 14.5 Å². The summed E-state index contributed by atoms with van der Waals surface area (Å²) >= 11 is 0. The summed E-state index contributed by atoms with van der Waals surface area (Å²) in [4.78, 5) is 28.0. The van der Waals surface area contributed by atoms with Gasteiger partial charge in [0.25, 0.3) is 5.91 Å². The number of fused-ring (bicyclic) bond motifs is 1. The molecule has 2 aromatic rings. The zero-order valence-electron chi connectivity index (χ0n) is 11.9. The van der Waals surface area contributed by atoms with Gasteiger partial charge in [-0.2, -0.15) is 0 Å². The van der Waals surface area contributed by atoms with E-state index in [2.05, 4.69) is 4.98 Å². The normalized spacial score (nSPS) is 12.6. The number of imidazole rings is 1. The summed E-state index contributed by atoms with van der Waals surface area (Å²) in [6.07, 6.45) is 0.102. The minimum absolute atomic E-state index is 0.128. The first-order valence-electron chi connectivity index (χ1n) is 6.52. The van der Waals surface area contributed by atoms with Crippen molar-refractivity contribution in [3.05, 3.63) is 34.2 Å². The third-order valence-electron chi connectivity index (χ3n) is 3.38. The van der Waals surface area contributed by atoms with E-state index in [0.717, 1.165) is 5.52 Å². The van der Waals surface area contributed by atoms with Crippen molar-refractivity contribution in [2.24, 2.45) is 7.05 Å². The molecule has 2 N–H and O–H groups in total. The van der Waals surface area contributed by atoms with E-state index in [1.54, 1.807) is 44.1 Å². The van der Waals surface area contributed by atoms with E-state index >= 15 is 0 Å². The smallest absolute Gasteiger partial charge is 0.326 e. The van der Waals surface area contributed by atoms with Crippen LogP contribution >= 0.6 is 0 Å². The number of nitrogens with one attached hydrogen (secondary N) is 1. The van der Waals surface area contributed by atoms with Gasteiger partial charge >= 0.3 is 5.69 Å². The van der Waals surface area contributed by atoms with Gasteiger partial charge in [-0.15, -0.1) is 0 Å². The lowest BCUT2D eigenvalue weighted by molar-refractivity contribution is 0.0769. The molecular weight excluding hydrogens is 258 g/mol. The van der Waals surface area contributed by atoms with Crippen molar-refractivity contribution in [2.45, 2.75) is 19.4 Å². The third kappa shape index (κ3) is 2.75. The largest absolute Gasteiger partial charge is 0.393 e. The molecule has 0 saturated carbocycles. The van der Waals surface area contributed by atoms with E-state index in [1.165, 1.54) is 4.57 Å². The molecule has 1 aromatic carbocycles. The fourth-order valence-corrected chi connectivity index (χ4v) is 2.07. The minimum atomic E-state index is -0.432. The van der Waals surface area contributed by atoms with Crippen LogP contribution in [0.1, 0.15) is 23.7 Å². The Balaban J connectivity index is 2.24. The first-order valence-corrected chi connectivity index (χ1v) is 6.52. The van der Waals surface area contributed by atoms with Crippen LogP contribution in [0.5, 0.6) is 0 Å². The Morgan fingerprint density at radius 2 is 2.20 bits per heavy atom. The molecule has 1 heterocycles. The molecule has 1 amide bonds. The molecule has 0 aliphatic rings. The number of H-pyrrole nitrogens is 1. The first-order chi connectivity index (χ1) is 9.40. The summed E-state index contributed by atoms with van der Waals surface area (Å²) in [6.45, 7) is 2.18. The van der Waals surface area contributed by atoms with Gasteiger partial charge in [0.2, 0.25) is 0 Å². The number of hydrogen-bond acceptors (Lipinski definition) is 3. The van der Waals surface area contributed by atoms with Crippen LogP contribution in [0.25, 0.3) is 11.0 Å². The van der Waals surface area contributed by atoms with Crippen LogP contribution < -0.4 is 5.69 Å². The van der Waals surface area contributed by atoms with Gasteiger partial charge in [0.15, 0.2) is 0 Å². The van der Waals surface area contributed by atoms with Crippen LogP contribution in [0, 0.1) is 0 Å². The Morgan fingerprint density at radius 1 is 1.50 bits per heavy atom. The molecule has 108 valence electrons. The Morgan fingerprint density at radius 3 is 2.85 bits per heavy atom. The van der Waals surface area contributed by atoms with Crippen LogP contribution in [0.15, 0.2) is 23.0 Å². The molecule has 0 radical (unpaired) electrons. The van der Waals surface area contributed by atoms with Crippen LogP contribution in [0.3, 0.4) is 0 Å². The van der Waals surface area contributed by atoms with Gasteiger partial charge in [0.05, 0.1) is 17.1 Å². The first kappa shape index (κ1) is 14.3. The zero-order valence-corrected chi connectivity index (χ0v) is 11.9. The van der Waals surface area contributed by atoms with Gasteiger partial charge in [-0.3, -0.25) is 9.36 Å². The molecule has 6 heteroatoms. The fraction of sp³-hybridized carbons (Fsp3) is 0.429. The van der Waals surface area contributed by atoms with Crippen LogP contribution in [0.4, 0.5) is 0 Å². The van der Waals surface area contributed by atoms with Crippen molar-refractivity contribution in [2.75, 3.05) is 13.6 Å². The Labute approximate surface area is 116 Å². The van der Waals surface area contributed by atoms with Crippen molar-refractivity contribution in [3.63, 3.8) is 0 Å². The lowest BCUT2D eigenvalue weighted by Gasteiger charge is -2.18. The highest BCUT2D eigenvalue weighted by Crippen LogP contribution is 2.13. The van der Waals surface area contributed by atoms with E-state index in [0.29, 0.717) is 24.0 Å². The standard InChI is InChI=1S/C14H19N3O3/c1-9(18)6-7-16(2)13(19)10-4-5-12-11(8-10)15-14(20)17(12)3/h4-5,8-9,18H,6-7H2,1-3H3,(H,15,20). The number of benzene rings is 1. The van der Waals surface area contributed by atoms with E-state index in [4.69, 9.17) is 0 Å². The molecule has 2 rings (SSSR count). The van der Waals surface area contributed by atoms with Gasteiger partial charge in [-0.1, -0.05) is 0 Å². The van der Waals surface area contributed by atoms with E-state index in [9.17, 15) is 14.7 Å². The number of rotatable bonds is 4. The molecule has 1 unspecified atom stereocenters. The third-order valence-corrected chi connectivity index (χ3v) is 3.38. The van der Waals surface area contributed by atoms with Gasteiger partial charge in [-0.05, 0) is 31.5 Å². The average Bonchev–Trinajstić information content (AvgIpc) is 2.70. The number of aromatic amines is 1. The van der Waals surface area contributed by atoms with Gasteiger partial charge in [-0.25, -0.2) is 4.79 Å². The molecule has 1 atom stereocenters. The molecule has 0 bridgehead atoms. The van der Waals surface area contributed by atoms with Crippen LogP contribution in [-0.4, -0.2) is 45.2 Å². The topological polar surface area (TPSA) is 78.3 Å². The summed E-state index contributed by atoms with van der Waals surface area (Å²) in [6, 6.07) is 5.14. The maximum Gasteiger partial charge on any atom is 0.326 e. The highest BCUT2D eigenvalue weighted by molar-refractivity contribution is 5.97. The summed E-state index contributed by atoms with van der Waals surface area (Å²) in [5, 5.41) is 9.25. The predicted molar refractivity (Wildman–Crippen MR) is 76.8 cm³/mol. The highest BCUT2D eigenvalue weighted by Gasteiger charge is 2.14. The lowest BCUT2D eigenvalue weighted by atomic mass is 10.1. The van der Waals surface area contributed by atoms with Gasteiger partial charge in [0.1, 0.15) is 0 Å². The van der Waals surface area contributed by atoms with Crippen molar-refractivity contribution in [3.8, 4) is 0 Å². The number of aromatic nitrogens is 2. The molecule has 0 fully saturated rings. The molecule has 0 aliphatic heterocycles. The Kier molecular flexibility index (Phi) is 3.94. The fourth-order valence-electron chi connectivity index (χ4n) is 2.07. The van der Waals surface area contributed by atoms with Crippen molar-refractivity contribution in [1.29, 1.82) is 0 Å². The van der Waals surface area contributed by atoms with E-state index in [1.807, 2.05) is 0 Å². The van der Waals surface area contributed by atoms with Crippen molar-refractivity contribution < 1.29 is 9.90 Å². The number of nitrogens with zero attached hydrogens (tertiary/aromatic N) is 2. The number of carbonyl (C=O) groups is 1. The zero-order chi connectivity index (χ0) is 14.9. The van der Waals surface area contributed by atoms with Crippen LogP contribution in [0.2, 0.25) is 0 Å². The Hall–Kier alpha value is -2.08.